The van der Waals surface area contributed by atoms with Gasteiger partial charge < -0.3 is 53.8 Å². The Hall–Kier alpha value is -5.92. The number of esters is 6. The van der Waals surface area contributed by atoms with Crippen molar-refractivity contribution in [2.75, 3.05) is 18.5 Å². The van der Waals surface area contributed by atoms with Crippen LogP contribution in [0.25, 0.3) is 10.4 Å². The quantitative estimate of drug-likeness (QED) is 0.0478. The molecule has 26 nitrogen and oxygen atoms in total. The number of hydrogen-bond acceptors (Lipinski definition) is 20. The molecule has 0 aromatic carbocycles. The minimum Gasteiger partial charge on any atom is -0.463 e. The van der Waals surface area contributed by atoms with E-state index in [9.17, 15) is 43.2 Å². The molecule has 60 heavy (non-hydrogen) atoms. The number of hydrogen-bond donors (Lipinski definition) is 3. The second kappa shape index (κ2) is 24.2. The van der Waals surface area contributed by atoms with Crippen molar-refractivity contribution in [3.8, 4) is 0 Å². The highest BCUT2D eigenvalue weighted by atomic mass is 79.9. The van der Waals surface area contributed by atoms with E-state index in [1.54, 1.807) is 0 Å². The molecule has 3 N–H and O–H groups in total. The first-order valence-electron chi connectivity index (χ1n) is 17.8. The Morgan fingerprint density at radius 1 is 0.717 bits per heavy atom. The summed E-state index contributed by atoms with van der Waals surface area (Å²) < 4.78 is 43.9. The van der Waals surface area contributed by atoms with Crippen LogP contribution in [0.2, 0.25) is 0 Å². The number of carbonyl (C=O) groups excluding carboxylic acids is 9. The zero-order chi connectivity index (χ0) is 45.3. The number of alkyl halides is 1. The Kier molecular flexibility index (Phi) is 20.3. The van der Waals surface area contributed by atoms with Crippen molar-refractivity contribution in [1.82, 2.24) is 30.9 Å². The molecule has 1 aromatic heterocycles. The van der Waals surface area contributed by atoms with Gasteiger partial charge in [0, 0.05) is 60.3 Å². The maximum Gasteiger partial charge on any atom is 0.303 e. The maximum absolute atomic E-state index is 12.0. The first-order valence-corrected chi connectivity index (χ1v) is 18.9. The Bertz CT molecular complexity index is 1790. The molecule has 2 aliphatic heterocycles. The molecule has 0 bridgehead atoms. The molecule has 2 fully saturated rings. The van der Waals surface area contributed by atoms with Crippen molar-refractivity contribution >= 4 is 69.5 Å². The number of azide groups is 1. The van der Waals surface area contributed by atoms with Crippen molar-refractivity contribution in [2.45, 2.75) is 123 Å². The number of carbonyl (C=O) groups is 9. The molecule has 3 rings (SSSR count). The highest BCUT2D eigenvalue weighted by Gasteiger charge is 2.52. The molecule has 1 aromatic rings. The van der Waals surface area contributed by atoms with Gasteiger partial charge in [0.15, 0.2) is 36.9 Å². The summed E-state index contributed by atoms with van der Waals surface area (Å²) in [7, 11) is 0. The van der Waals surface area contributed by atoms with Gasteiger partial charge in [0.05, 0.1) is 18.1 Å². The fraction of sp³-hybridized carbons (Fsp3) is 0.667. The molecule has 2 aliphatic rings. The topological polar surface area (TPSA) is 343 Å². The lowest BCUT2D eigenvalue weighted by atomic mass is 9.95. The number of rotatable bonds is 15. The second-order valence-corrected chi connectivity index (χ2v) is 13.4. The third-order valence-corrected chi connectivity index (χ3v) is 8.26. The largest absolute Gasteiger partial charge is 0.463 e. The van der Waals surface area contributed by atoms with Gasteiger partial charge in [-0.25, -0.2) is 4.68 Å². The van der Waals surface area contributed by atoms with Crippen LogP contribution in [-0.4, -0.2) is 142 Å². The predicted octanol–water partition coefficient (Wildman–Crippen LogP) is -0.929. The zero-order valence-electron chi connectivity index (χ0n) is 33.7. The lowest BCUT2D eigenvalue weighted by Crippen LogP contribution is -2.65. The van der Waals surface area contributed by atoms with Crippen molar-refractivity contribution in [3.05, 3.63) is 22.3 Å². The molecule has 0 spiro atoms. The lowest BCUT2D eigenvalue weighted by molar-refractivity contribution is -0.239. The van der Waals surface area contributed by atoms with E-state index in [1.807, 2.05) is 0 Å². The minimum atomic E-state index is -1.29. The Morgan fingerprint density at radius 2 is 1.17 bits per heavy atom. The first kappa shape index (κ1) is 50.2. The van der Waals surface area contributed by atoms with E-state index in [2.05, 4.69) is 52.2 Å². The normalized spacial score (nSPS) is 25.5. The van der Waals surface area contributed by atoms with E-state index in [4.69, 9.17) is 43.4 Å². The van der Waals surface area contributed by atoms with E-state index < -0.39 is 109 Å². The molecule has 0 saturated carbocycles. The van der Waals surface area contributed by atoms with Gasteiger partial charge in [-0.2, -0.15) is 0 Å². The van der Waals surface area contributed by atoms with E-state index >= 15 is 0 Å². The van der Waals surface area contributed by atoms with Crippen molar-refractivity contribution in [2.24, 2.45) is 5.11 Å². The molecular weight excluding hydrogens is 874 g/mol. The molecule has 332 valence electrons. The van der Waals surface area contributed by atoms with Crippen LogP contribution in [0.1, 0.15) is 67.3 Å². The molecule has 3 heterocycles. The standard InChI is InChI=1S/C19H26BrN5O9.C14H20N4O8/c1-9(26)22-16-18(33-12(4)29)17(32-11(3)28)14(8-31-10(2)27)34-19(16)25-7-13(23-24-25)6-21-15(30)5-20;1-6(19)16-11-13(25-9(4)22)12(24-8(3)21)10(5-23-7(2)20)26-14(11)17-18-15/h7,14,16-19H,5-6,8H2,1-4H3,(H,21,30)(H,22,26);10-14H,5H2,1-4H3,(H,16,19)/t14?,16?,17-,18-,19-;10?,11?,12-,13-,14-/m11/s1. The predicted molar refractivity (Wildman–Crippen MR) is 198 cm³/mol. The summed E-state index contributed by atoms with van der Waals surface area (Å²) in [6.07, 6.45) is -7.97. The Labute approximate surface area is 350 Å². The Balaban J connectivity index is 0.000000429. The van der Waals surface area contributed by atoms with Gasteiger partial charge in [-0.05, 0) is 5.53 Å². The van der Waals surface area contributed by atoms with Gasteiger partial charge in [-0.15, -0.1) is 5.10 Å². The van der Waals surface area contributed by atoms with Crippen LogP contribution in [0.3, 0.4) is 0 Å². The molecule has 0 aliphatic carbocycles. The third-order valence-electron chi connectivity index (χ3n) is 7.75. The fourth-order valence-corrected chi connectivity index (χ4v) is 5.95. The van der Waals surface area contributed by atoms with Crippen LogP contribution in [-0.2, 0) is 87.6 Å². The van der Waals surface area contributed by atoms with Gasteiger partial charge >= 0.3 is 35.8 Å². The third kappa shape index (κ3) is 16.4. The van der Waals surface area contributed by atoms with Crippen LogP contribution >= 0.6 is 15.9 Å². The molecule has 4 unspecified atom stereocenters. The van der Waals surface area contributed by atoms with E-state index in [0.29, 0.717) is 5.69 Å². The van der Waals surface area contributed by atoms with Gasteiger partial charge in [0.1, 0.15) is 43.2 Å². The fourth-order valence-electron chi connectivity index (χ4n) is 5.75. The average molecular weight is 921 g/mol. The molecular formula is C33H46BrN9O17. The highest BCUT2D eigenvalue weighted by molar-refractivity contribution is 9.09. The molecule has 2 saturated heterocycles. The van der Waals surface area contributed by atoms with Crippen LogP contribution in [0.15, 0.2) is 11.3 Å². The summed E-state index contributed by atoms with van der Waals surface area (Å²) in [6, 6.07) is -2.18. The summed E-state index contributed by atoms with van der Waals surface area (Å²) in [5.41, 5.74) is 9.12. The van der Waals surface area contributed by atoms with Crippen LogP contribution in [0.5, 0.6) is 0 Å². The average Bonchev–Trinajstić information content (AvgIpc) is 3.61. The number of nitrogens with one attached hydrogen (secondary N) is 3. The number of ether oxygens (including phenoxy) is 8. The van der Waals surface area contributed by atoms with Crippen LogP contribution in [0, 0.1) is 0 Å². The van der Waals surface area contributed by atoms with Crippen molar-refractivity contribution < 1.29 is 81.0 Å². The lowest BCUT2D eigenvalue weighted by Gasteiger charge is -2.45. The van der Waals surface area contributed by atoms with E-state index in [1.165, 1.54) is 31.6 Å². The Morgan fingerprint density at radius 3 is 1.60 bits per heavy atom. The van der Waals surface area contributed by atoms with Gasteiger partial charge in [0.25, 0.3) is 0 Å². The summed E-state index contributed by atoms with van der Waals surface area (Å²) in [6.45, 7) is 8.73. The summed E-state index contributed by atoms with van der Waals surface area (Å²) in [5.74, 6) is -5.35. The number of halogens is 1. The SMILES string of the molecule is CC(=O)NC1[C@@H](OC(C)=O)[C@H](OC(C)=O)C(COC(C)=O)O[C@H]1n1cc(CNC(=O)CBr)nn1.CC(=O)NC1[C@H](N=[N+]=[N-])OC(COC(C)=O)[C@@H](OC(C)=O)[C@@H]1OC(C)=O. The van der Waals surface area contributed by atoms with Crippen LogP contribution < -0.4 is 16.0 Å². The number of aromatic nitrogens is 3. The van der Waals surface area contributed by atoms with E-state index in [0.717, 1.165) is 34.6 Å². The monoisotopic (exact) mass is 919 g/mol. The van der Waals surface area contributed by atoms with Crippen LogP contribution in [0.4, 0.5) is 0 Å². The summed E-state index contributed by atoms with van der Waals surface area (Å²) in [5, 5.41) is 19.2. The van der Waals surface area contributed by atoms with Crippen molar-refractivity contribution in [1.29, 1.82) is 0 Å². The maximum atomic E-state index is 12.0. The summed E-state index contributed by atoms with van der Waals surface area (Å²) >= 11 is 3.04. The molecule has 0 radical (unpaired) electrons. The van der Waals surface area contributed by atoms with Gasteiger partial charge in [0.2, 0.25) is 17.7 Å². The minimum absolute atomic E-state index is 0.0717. The zero-order valence-corrected chi connectivity index (χ0v) is 35.3. The number of amides is 3. The molecule has 10 atom stereocenters. The second-order valence-electron chi connectivity index (χ2n) is 12.8. The summed E-state index contributed by atoms with van der Waals surface area (Å²) in [4.78, 5) is 107. The van der Waals surface area contributed by atoms with Gasteiger partial charge in [-0.1, -0.05) is 26.3 Å². The van der Waals surface area contributed by atoms with E-state index in [-0.39, 0.29) is 31.0 Å². The van der Waals surface area contributed by atoms with Gasteiger partial charge in [-0.3, -0.25) is 43.2 Å². The number of nitrogens with zero attached hydrogens (tertiary/aromatic N) is 6. The smallest absolute Gasteiger partial charge is 0.303 e. The first-order chi connectivity index (χ1) is 28.2. The molecule has 3 amide bonds. The highest BCUT2D eigenvalue weighted by Crippen LogP contribution is 2.33. The molecule has 27 heteroatoms. The van der Waals surface area contributed by atoms with Crippen molar-refractivity contribution in [3.63, 3.8) is 0 Å².